The molecule has 0 atom stereocenters. The second kappa shape index (κ2) is 8.37. The van der Waals surface area contributed by atoms with Crippen molar-refractivity contribution in [3.8, 4) is 17.0 Å². The van der Waals surface area contributed by atoms with Gasteiger partial charge in [0.2, 0.25) is 5.91 Å². The van der Waals surface area contributed by atoms with Gasteiger partial charge in [0.05, 0.1) is 23.1 Å². The largest absolute Gasteiger partial charge is 0.441 e. The van der Waals surface area contributed by atoms with Crippen molar-refractivity contribution in [1.82, 2.24) is 14.8 Å². The van der Waals surface area contributed by atoms with Crippen LogP contribution in [-0.2, 0) is 24.1 Å². The maximum absolute atomic E-state index is 14.0. The minimum Gasteiger partial charge on any atom is -0.441 e. The van der Waals surface area contributed by atoms with E-state index in [-0.39, 0.29) is 36.0 Å². The maximum atomic E-state index is 14.0. The molecule has 2 aromatic carbocycles. The van der Waals surface area contributed by atoms with Gasteiger partial charge in [0.15, 0.2) is 11.7 Å². The van der Waals surface area contributed by atoms with Gasteiger partial charge in [0, 0.05) is 18.4 Å². The first-order valence-corrected chi connectivity index (χ1v) is 10.5. The Morgan fingerprint density at radius 3 is 2.62 bits per heavy atom. The third-order valence-corrected chi connectivity index (χ3v) is 5.49. The van der Waals surface area contributed by atoms with Gasteiger partial charge in [-0.15, -0.1) is 0 Å². The fourth-order valence-corrected chi connectivity index (χ4v) is 3.97. The number of fused-ring (bicyclic) bond motifs is 1. The maximum Gasteiger partial charge on any atom is 0.226 e. The van der Waals surface area contributed by atoms with Crippen LogP contribution in [0.3, 0.4) is 0 Å². The number of para-hydroxylation sites is 1. The first-order chi connectivity index (χ1) is 15.6. The first kappa shape index (κ1) is 20.1. The summed E-state index contributed by atoms with van der Waals surface area (Å²) in [7, 11) is 0. The van der Waals surface area contributed by atoms with Crippen molar-refractivity contribution in [2.24, 2.45) is 0 Å². The number of carbonyl (C=O) groups excluding carboxylic acids is 1. The molecule has 4 aromatic rings. The molecule has 8 heteroatoms. The van der Waals surface area contributed by atoms with E-state index in [1.807, 2.05) is 30.3 Å². The first-order valence-electron chi connectivity index (χ1n) is 10.5. The lowest BCUT2D eigenvalue weighted by Crippen LogP contribution is -2.16. The van der Waals surface area contributed by atoms with E-state index in [9.17, 15) is 13.6 Å². The molecule has 0 radical (unpaired) electrons. The third-order valence-electron chi connectivity index (χ3n) is 5.49. The van der Waals surface area contributed by atoms with Gasteiger partial charge in [-0.2, -0.15) is 5.10 Å². The molecular weight excluding hydrogens is 414 g/mol. The number of carbonyl (C=O) groups is 1. The van der Waals surface area contributed by atoms with E-state index in [1.165, 1.54) is 12.3 Å². The van der Waals surface area contributed by atoms with Gasteiger partial charge in [-0.1, -0.05) is 24.3 Å². The Labute approximate surface area is 182 Å². The van der Waals surface area contributed by atoms with Crippen LogP contribution in [0.15, 0.2) is 59.1 Å². The second-order valence-electron chi connectivity index (χ2n) is 7.64. The summed E-state index contributed by atoms with van der Waals surface area (Å²) in [6, 6.07) is 13.2. The van der Waals surface area contributed by atoms with Crippen LogP contribution in [0, 0.1) is 11.6 Å². The number of anilines is 1. The van der Waals surface area contributed by atoms with Crippen LogP contribution in [-0.4, -0.2) is 20.7 Å². The number of hydrogen-bond donors (Lipinski definition) is 1. The minimum atomic E-state index is -0.728. The molecule has 6 nitrogen and oxygen atoms in total. The predicted molar refractivity (Wildman–Crippen MR) is 114 cm³/mol. The number of oxazole rings is 1. The van der Waals surface area contributed by atoms with Crippen molar-refractivity contribution >= 4 is 11.7 Å². The number of nitrogens with one attached hydrogen (secondary N) is 1. The third kappa shape index (κ3) is 3.79. The summed E-state index contributed by atoms with van der Waals surface area (Å²) in [4.78, 5) is 16.8. The Hall–Kier alpha value is -3.81. The molecule has 1 amide bonds. The Kier molecular flexibility index (Phi) is 5.26. The number of halogens is 2. The standard InChI is InChI=1S/C24H20F2N4O2/c25-17-9-5-10-18(26)23(17)20-14-27-22(32-20)13-12-21(31)28-24-16-8-4-11-19(16)29-30(24)15-6-2-1-3-7-15/h1-3,5-7,9-10,14H,4,8,11-13H2,(H,28,31). The van der Waals surface area contributed by atoms with Crippen molar-refractivity contribution in [3.63, 3.8) is 0 Å². The highest BCUT2D eigenvalue weighted by atomic mass is 19.1. The van der Waals surface area contributed by atoms with Gasteiger partial charge in [-0.3, -0.25) is 4.79 Å². The van der Waals surface area contributed by atoms with Gasteiger partial charge in [-0.25, -0.2) is 18.4 Å². The summed E-state index contributed by atoms with van der Waals surface area (Å²) in [5, 5.41) is 7.67. The number of benzene rings is 2. The van der Waals surface area contributed by atoms with Gasteiger partial charge < -0.3 is 9.73 Å². The van der Waals surface area contributed by atoms with Crippen molar-refractivity contribution < 1.29 is 18.0 Å². The monoisotopic (exact) mass is 434 g/mol. The molecule has 1 aliphatic rings. The molecule has 0 saturated carbocycles. The molecular formula is C24H20F2N4O2. The Balaban J connectivity index is 1.30. The van der Waals surface area contributed by atoms with Crippen LogP contribution in [0.4, 0.5) is 14.6 Å². The summed E-state index contributed by atoms with van der Waals surface area (Å²) in [6.45, 7) is 0. The molecule has 0 saturated heterocycles. The highest BCUT2D eigenvalue weighted by Crippen LogP contribution is 2.31. The highest BCUT2D eigenvalue weighted by molar-refractivity contribution is 5.91. The van der Waals surface area contributed by atoms with Crippen LogP contribution >= 0.6 is 0 Å². The number of nitrogens with zero attached hydrogens (tertiary/aromatic N) is 3. The van der Waals surface area contributed by atoms with Crippen molar-refractivity contribution in [2.45, 2.75) is 32.1 Å². The Morgan fingerprint density at radius 2 is 1.84 bits per heavy atom. The molecule has 5 rings (SSSR count). The number of amides is 1. The fourth-order valence-electron chi connectivity index (χ4n) is 3.97. The molecule has 0 unspecified atom stereocenters. The molecule has 0 fully saturated rings. The number of rotatable bonds is 6. The molecule has 32 heavy (non-hydrogen) atoms. The van der Waals surface area contributed by atoms with E-state index in [2.05, 4.69) is 15.4 Å². The summed E-state index contributed by atoms with van der Waals surface area (Å²) in [6.07, 6.45) is 4.35. The fraction of sp³-hybridized carbons (Fsp3) is 0.208. The van der Waals surface area contributed by atoms with Crippen LogP contribution in [0.1, 0.15) is 30.0 Å². The lowest BCUT2D eigenvalue weighted by Gasteiger charge is -2.10. The normalized spacial score (nSPS) is 12.7. The van der Waals surface area contributed by atoms with E-state index < -0.39 is 11.6 Å². The zero-order valence-electron chi connectivity index (χ0n) is 17.1. The lowest BCUT2D eigenvalue weighted by atomic mass is 10.1. The van der Waals surface area contributed by atoms with Crippen molar-refractivity contribution in [1.29, 1.82) is 0 Å². The van der Waals surface area contributed by atoms with E-state index in [1.54, 1.807) is 4.68 Å². The Morgan fingerprint density at radius 1 is 1.06 bits per heavy atom. The average Bonchev–Trinajstić information content (AvgIpc) is 3.51. The summed E-state index contributed by atoms with van der Waals surface area (Å²) in [5.74, 6) is -0.749. The Bertz CT molecular complexity index is 1260. The zero-order chi connectivity index (χ0) is 22.1. The molecule has 0 bridgehead atoms. The topological polar surface area (TPSA) is 73.0 Å². The van der Waals surface area contributed by atoms with E-state index in [4.69, 9.17) is 4.42 Å². The van der Waals surface area contributed by atoms with Gasteiger partial charge in [-0.05, 0) is 43.5 Å². The number of aryl methyl sites for hydroxylation is 2. The minimum absolute atomic E-state index is 0.00372. The quantitative estimate of drug-likeness (QED) is 0.470. The zero-order valence-corrected chi connectivity index (χ0v) is 17.1. The van der Waals surface area contributed by atoms with Gasteiger partial charge in [0.25, 0.3) is 0 Å². The van der Waals surface area contributed by atoms with Crippen molar-refractivity contribution in [2.75, 3.05) is 5.32 Å². The van der Waals surface area contributed by atoms with E-state index in [0.29, 0.717) is 5.82 Å². The molecule has 0 spiro atoms. The summed E-state index contributed by atoms with van der Waals surface area (Å²) >= 11 is 0. The van der Waals surface area contributed by atoms with E-state index in [0.717, 1.165) is 48.3 Å². The molecule has 2 aromatic heterocycles. The summed E-state index contributed by atoms with van der Waals surface area (Å²) in [5.41, 5.74) is 2.68. The molecule has 162 valence electrons. The van der Waals surface area contributed by atoms with E-state index >= 15 is 0 Å². The smallest absolute Gasteiger partial charge is 0.226 e. The average molecular weight is 434 g/mol. The molecule has 2 heterocycles. The van der Waals surface area contributed by atoms with Crippen LogP contribution in [0.25, 0.3) is 17.0 Å². The molecule has 0 aliphatic heterocycles. The van der Waals surface area contributed by atoms with Crippen LogP contribution in [0.5, 0.6) is 0 Å². The molecule has 1 N–H and O–H groups in total. The predicted octanol–water partition coefficient (Wildman–Crippen LogP) is 4.87. The van der Waals surface area contributed by atoms with Gasteiger partial charge in [0.1, 0.15) is 17.5 Å². The second-order valence-corrected chi connectivity index (χ2v) is 7.64. The lowest BCUT2D eigenvalue weighted by molar-refractivity contribution is -0.116. The van der Waals surface area contributed by atoms with Crippen molar-refractivity contribution in [3.05, 3.63) is 83.5 Å². The highest BCUT2D eigenvalue weighted by Gasteiger charge is 2.24. The molecule has 1 aliphatic carbocycles. The SMILES string of the molecule is O=C(CCc1ncc(-c2c(F)cccc2F)o1)Nc1c2c(nn1-c1ccccc1)CCC2. The van der Waals surface area contributed by atoms with Crippen LogP contribution < -0.4 is 5.32 Å². The summed E-state index contributed by atoms with van der Waals surface area (Å²) < 4.78 is 35.2. The number of hydrogen-bond acceptors (Lipinski definition) is 4. The van der Waals surface area contributed by atoms with Gasteiger partial charge >= 0.3 is 0 Å². The number of aromatic nitrogens is 3. The van der Waals surface area contributed by atoms with Crippen LogP contribution in [0.2, 0.25) is 0 Å².